The Morgan fingerprint density at radius 2 is 1.88 bits per heavy atom. The zero-order chi connectivity index (χ0) is 11.8. The lowest BCUT2D eigenvalue weighted by atomic mass is 10.2. The molecule has 1 aliphatic carbocycles. The van der Waals surface area contributed by atoms with Crippen LogP contribution in [0, 0.1) is 0 Å². The summed E-state index contributed by atoms with van der Waals surface area (Å²) in [5.41, 5.74) is 1.45. The molecule has 0 spiro atoms. The SMILES string of the molecule is c1ccc(CSCCCNC2CCCC2)cc1. The van der Waals surface area contributed by atoms with Crippen molar-refractivity contribution in [2.45, 2.75) is 43.9 Å². The van der Waals surface area contributed by atoms with Gasteiger partial charge in [0.1, 0.15) is 0 Å². The summed E-state index contributed by atoms with van der Waals surface area (Å²) in [5, 5.41) is 3.67. The van der Waals surface area contributed by atoms with Crippen molar-refractivity contribution >= 4 is 11.8 Å². The van der Waals surface area contributed by atoms with E-state index in [9.17, 15) is 0 Å². The molecular weight excluding hydrogens is 226 g/mol. The largest absolute Gasteiger partial charge is 0.314 e. The van der Waals surface area contributed by atoms with E-state index in [1.165, 1.54) is 50.0 Å². The topological polar surface area (TPSA) is 12.0 Å². The lowest BCUT2D eigenvalue weighted by Crippen LogP contribution is -2.27. The third-order valence-electron chi connectivity index (χ3n) is 3.37. The fourth-order valence-electron chi connectivity index (χ4n) is 2.37. The molecule has 0 radical (unpaired) electrons. The number of nitrogens with one attached hydrogen (secondary N) is 1. The first-order valence-corrected chi connectivity index (χ1v) is 7.96. The van der Waals surface area contributed by atoms with E-state index in [0.29, 0.717) is 0 Å². The van der Waals surface area contributed by atoms with Crippen molar-refractivity contribution in [1.82, 2.24) is 5.32 Å². The van der Waals surface area contributed by atoms with Crippen LogP contribution in [0.4, 0.5) is 0 Å². The minimum Gasteiger partial charge on any atom is -0.314 e. The number of hydrogen-bond acceptors (Lipinski definition) is 2. The maximum atomic E-state index is 3.67. The van der Waals surface area contributed by atoms with Crippen molar-refractivity contribution in [2.75, 3.05) is 12.3 Å². The zero-order valence-corrected chi connectivity index (χ0v) is 11.3. The Hall–Kier alpha value is -0.470. The van der Waals surface area contributed by atoms with E-state index in [2.05, 4.69) is 35.6 Å². The monoisotopic (exact) mass is 249 g/mol. The predicted molar refractivity (Wildman–Crippen MR) is 77.5 cm³/mol. The molecule has 17 heavy (non-hydrogen) atoms. The number of thioether (sulfide) groups is 1. The average molecular weight is 249 g/mol. The second-order valence-corrected chi connectivity index (χ2v) is 5.93. The molecule has 0 heterocycles. The summed E-state index contributed by atoms with van der Waals surface area (Å²) in [4.78, 5) is 0. The molecule has 1 aromatic carbocycles. The third-order valence-corrected chi connectivity index (χ3v) is 4.48. The maximum absolute atomic E-state index is 3.67. The van der Waals surface area contributed by atoms with Crippen LogP contribution < -0.4 is 5.32 Å². The smallest absolute Gasteiger partial charge is 0.0184 e. The summed E-state index contributed by atoms with van der Waals surface area (Å²) in [6.07, 6.45) is 6.96. The predicted octanol–water partition coefficient (Wildman–Crippen LogP) is 3.84. The Balaban J connectivity index is 1.46. The molecule has 1 N–H and O–H groups in total. The van der Waals surface area contributed by atoms with Crippen molar-refractivity contribution < 1.29 is 0 Å². The molecule has 1 fully saturated rings. The average Bonchev–Trinajstić information content (AvgIpc) is 2.88. The maximum Gasteiger partial charge on any atom is 0.0184 e. The molecule has 0 aromatic heterocycles. The second kappa shape index (κ2) is 7.78. The highest BCUT2D eigenvalue weighted by Gasteiger charge is 2.12. The Labute approximate surface area is 109 Å². The quantitative estimate of drug-likeness (QED) is 0.737. The minimum absolute atomic E-state index is 0.828. The van der Waals surface area contributed by atoms with E-state index >= 15 is 0 Å². The summed E-state index contributed by atoms with van der Waals surface area (Å²) < 4.78 is 0. The van der Waals surface area contributed by atoms with Gasteiger partial charge in [0, 0.05) is 11.8 Å². The lowest BCUT2D eigenvalue weighted by molar-refractivity contribution is 0.525. The van der Waals surface area contributed by atoms with Crippen LogP contribution in [-0.2, 0) is 5.75 Å². The van der Waals surface area contributed by atoms with E-state index in [1.807, 2.05) is 11.8 Å². The molecule has 1 nitrogen and oxygen atoms in total. The van der Waals surface area contributed by atoms with Gasteiger partial charge in [0.2, 0.25) is 0 Å². The standard InChI is InChI=1S/C15H23NS/c1-2-7-14(8-3-1)13-17-12-6-11-16-15-9-4-5-10-15/h1-3,7-8,15-16H,4-6,9-13H2. The van der Waals surface area contributed by atoms with Gasteiger partial charge in [-0.25, -0.2) is 0 Å². The van der Waals surface area contributed by atoms with Gasteiger partial charge in [0.05, 0.1) is 0 Å². The Morgan fingerprint density at radius 1 is 1.12 bits per heavy atom. The van der Waals surface area contributed by atoms with Gasteiger partial charge in [-0.15, -0.1) is 0 Å². The lowest BCUT2D eigenvalue weighted by Gasteiger charge is -2.11. The number of benzene rings is 1. The Morgan fingerprint density at radius 3 is 2.65 bits per heavy atom. The van der Waals surface area contributed by atoms with Gasteiger partial charge in [-0.3, -0.25) is 0 Å². The molecule has 0 bridgehead atoms. The highest BCUT2D eigenvalue weighted by atomic mass is 32.2. The minimum atomic E-state index is 0.828. The van der Waals surface area contributed by atoms with Crippen molar-refractivity contribution in [1.29, 1.82) is 0 Å². The van der Waals surface area contributed by atoms with Crippen LogP contribution in [-0.4, -0.2) is 18.3 Å². The highest BCUT2D eigenvalue weighted by Crippen LogP contribution is 2.17. The fourth-order valence-corrected chi connectivity index (χ4v) is 3.30. The van der Waals surface area contributed by atoms with E-state index in [0.717, 1.165) is 11.8 Å². The van der Waals surface area contributed by atoms with Gasteiger partial charge in [-0.05, 0) is 37.1 Å². The van der Waals surface area contributed by atoms with E-state index < -0.39 is 0 Å². The molecule has 0 amide bonds. The van der Waals surface area contributed by atoms with E-state index in [-0.39, 0.29) is 0 Å². The first-order chi connectivity index (χ1) is 8.45. The zero-order valence-electron chi connectivity index (χ0n) is 10.5. The van der Waals surface area contributed by atoms with Gasteiger partial charge in [0.15, 0.2) is 0 Å². The van der Waals surface area contributed by atoms with Crippen molar-refractivity contribution in [3.63, 3.8) is 0 Å². The van der Waals surface area contributed by atoms with Gasteiger partial charge >= 0.3 is 0 Å². The molecule has 0 aliphatic heterocycles. The molecule has 0 saturated heterocycles. The first kappa shape index (κ1) is 13.0. The van der Waals surface area contributed by atoms with Crippen LogP contribution in [0.2, 0.25) is 0 Å². The van der Waals surface area contributed by atoms with Crippen molar-refractivity contribution in [3.8, 4) is 0 Å². The van der Waals surface area contributed by atoms with Crippen molar-refractivity contribution in [2.24, 2.45) is 0 Å². The van der Waals surface area contributed by atoms with Crippen molar-refractivity contribution in [3.05, 3.63) is 35.9 Å². The third kappa shape index (κ3) is 5.13. The van der Waals surface area contributed by atoms with E-state index in [1.54, 1.807) is 0 Å². The molecule has 2 heteroatoms. The van der Waals surface area contributed by atoms with Gasteiger partial charge in [0.25, 0.3) is 0 Å². The van der Waals surface area contributed by atoms with Gasteiger partial charge in [-0.2, -0.15) is 11.8 Å². The molecule has 2 rings (SSSR count). The Bertz CT molecular complexity index is 293. The van der Waals surface area contributed by atoms with Gasteiger partial charge in [-0.1, -0.05) is 43.2 Å². The summed E-state index contributed by atoms with van der Waals surface area (Å²) >= 11 is 2.05. The molecule has 94 valence electrons. The highest BCUT2D eigenvalue weighted by molar-refractivity contribution is 7.98. The molecule has 1 aliphatic rings. The van der Waals surface area contributed by atoms with Gasteiger partial charge < -0.3 is 5.32 Å². The molecule has 0 atom stereocenters. The first-order valence-electron chi connectivity index (χ1n) is 6.80. The summed E-state index contributed by atoms with van der Waals surface area (Å²) in [6.45, 7) is 1.20. The molecular formula is C15H23NS. The van der Waals surface area contributed by atoms with Crippen LogP contribution in [0.1, 0.15) is 37.7 Å². The van der Waals surface area contributed by atoms with Crippen LogP contribution in [0.25, 0.3) is 0 Å². The van der Waals surface area contributed by atoms with Crippen LogP contribution >= 0.6 is 11.8 Å². The number of rotatable bonds is 7. The van der Waals surface area contributed by atoms with Crippen LogP contribution in [0.15, 0.2) is 30.3 Å². The van der Waals surface area contributed by atoms with E-state index in [4.69, 9.17) is 0 Å². The summed E-state index contributed by atoms with van der Waals surface area (Å²) in [5.74, 6) is 2.43. The summed E-state index contributed by atoms with van der Waals surface area (Å²) in [6, 6.07) is 11.6. The number of hydrogen-bond donors (Lipinski definition) is 1. The van der Waals surface area contributed by atoms with Crippen LogP contribution in [0.3, 0.4) is 0 Å². The Kier molecular flexibility index (Phi) is 5.94. The molecule has 1 aromatic rings. The normalized spacial score (nSPS) is 16.5. The second-order valence-electron chi connectivity index (χ2n) is 4.83. The molecule has 0 unspecified atom stereocenters. The fraction of sp³-hybridized carbons (Fsp3) is 0.600. The molecule has 1 saturated carbocycles. The van der Waals surface area contributed by atoms with Crippen LogP contribution in [0.5, 0.6) is 0 Å². The summed E-state index contributed by atoms with van der Waals surface area (Å²) in [7, 11) is 0.